The number of anilines is 1. The van der Waals surface area contributed by atoms with Gasteiger partial charge in [-0.1, -0.05) is 12.1 Å². The molecule has 122 valence electrons. The zero-order valence-electron chi connectivity index (χ0n) is 12.5. The number of benzene rings is 1. The Balaban J connectivity index is 1.52. The Kier molecular flexibility index (Phi) is 4.33. The van der Waals surface area contributed by atoms with Crippen LogP contribution in [0.3, 0.4) is 0 Å². The number of nitrogens with one attached hydrogen (secondary N) is 2. The average molecular weight is 334 g/mol. The van der Waals surface area contributed by atoms with Gasteiger partial charge in [-0.05, 0) is 30.2 Å². The van der Waals surface area contributed by atoms with Crippen LogP contribution in [0.4, 0.5) is 10.5 Å². The fourth-order valence-corrected chi connectivity index (χ4v) is 4.21. The second kappa shape index (κ2) is 6.41. The molecule has 3 rings (SSSR count). The van der Waals surface area contributed by atoms with Crippen LogP contribution < -0.4 is 10.6 Å². The van der Waals surface area contributed by atoms with E-state index in [1.165, 1.54) is 0 Å². The smallest absolute Gasteiger partial charge is 0.319 e. The fraction of sp³-hybridized carbons (Fsp3) is 0.333. The third-order valence-corrected chi connectivity index (χ3v) is 5.45. The first-order chi connectivity index (χ1) is 11.0. The van der Waals surface area contributed by atoms with Gasteiger partial charge in [0.05, 0.1) is 18.1 Å². The van der Waals surface area contributed by atoms with E-state index in [2.05, 4.69) is 15.7 Å². The average Bonchev–Trinajstić information content (AvgIpc) is 3.11. The van der Waals surface area contributed by atoms with Crippen molar-refractivity contribution in [2.24, 2.45) is 0 Å². The SMILES string of the molecule is O=C(Nc1ccc(Cn2cccn2)cc1)NC1CCS(=O)(=O)C1. The predicted molar refractivity (Wildman–Crippen MR) is 87.0 cm³/mol. The van der Waals surface area contributed by atoms with Crippen LogP contribution in [0, 0.1) is 0 Å². The topological polar surface area (TPSA) is 93.1 Å². The van der Waals surface area contributed by atoms with Crippen molar-refractivity contribution in [1.82, 2.24) is 15.1 Å². The molecule has 1 aliphatic heterocycles. The van der Waals surface area contributed by atoms with E-state index in [-0.39, 0.29) is 23.6 Å². The minimum Gasteiger partial charge on any atom is -0.334 e. The number of hydrogen-bond acceptors (Lipinski definition) is 4. The van der Waals surface area contributed by atoms with E-state index < -0.39 is 9.84 Å². The Morgan fingerprint density at radius 2 is 2.09 bits per heavy atom. The lowest BCUT2D eigenvalue weighted by atomic mass is 10.2. The molecule has 1 atom stereocenters. The van der Waals surface area contributed by atoms with Gasteiger partial charge in [-0.2, -0.15) is 5.10 Å². The molecule has 2 aromatic rings. The van der Waals surface area contributed by atoms with E-state index in [0.29, 0.717) is 18.7 Å². The first-order valence-corrected chi connectivity index (χ1v) is 9.17. The minimum atomic E-state index is -3.00. The first kappa shape index (κ1) is 15.5. The molecule has 7 nitrogen and oxygen atoms in total. The Labute approximate surface area is 134 Å². The molecule has 1 aromatic carbocycles. The summed E-state index contributed by atoms with van der Waals surface area (Å²) in [5.41, 5.74) is 1.73. The van der Waals surface area contributed by atoms with Gasteiger partial charge in [-0.3, -0.25) is 4.68 Å². The minimum absolute atomic E-state index is 0.0171. The number of hydrogen-bond donors (Lipinski definition) is 2. The largest absolute Gasteiger partial charge is 0.334 e. The Morgan fingerprint density at radius 3 is 2.70 bits per heavy atom. The number of urea groups is 1. The molecular weight excluding hydrogens is 316 g/mol. The zero-order chi connectivity index (χ0) is 16.3. The van der Waals surface area contributed by atoms with Gasteiger partial charge in [0.1, 0.15) is 0 Å². The van der Waals surface area contributed by atoms with Crippen molar-refractivity contribution in [2.75, 3.05) is 16.8 Å². The third-order valence-electron chi connectivity index (χ3n) is 3.68. The van der Waals surface area contributed by atoms with Crippen LogP contribution in [0.2, 0.25) is 0 Å². The molecule has 0 saturated carbocycles. The predicted octanol–water partition coefficient (Wildman–Crippen LogP) is 1.24. The van der Waals surface area contributed by atoms with Gasteiger partial charge in [0.2, 0.25) is 0 Å². The van der Waals surface area contributed by atoms with Crippen LogP contribution in [-0.2, 0) is 16.4 Å². The summed E-state index contributed by atoms with van der Waals surface area (Å²) in [6, 6.07) is 8.62. The van der Waals surface area contributed by atoms with Crippen LogP contribution in [0.5, 0.6) is 0 Å². The van der Waals surface area contributed by atoms with Crippen molar-refractivity contribution >= 4 is 21.6 Å². The van der Waals surface area contributed by atoms with E-state index in [0.717, 1.165) is 5.56 Å². The van der Waals surface area contributed by atoms with Crippen molar-refractivity contribution < 1.29 is 13.2 Å². The van der Waals surface area contributed by atoms with Crippen LogP contribution in [0.15, 0.2) is 42.7 Å². The highest BCUT2D eigenvalue weighted by Crippen LogP contribution is 2.13. The summed E-state index contributed by atoms with van der Waals surface area (Å²) in [5.74, 6) is 0.156. The molecule has 1 saturated heterocycles. The summed E-state index contributed by atoms with van der Waals surface area (Å²) < 4.78 is 24.6. The summed E-state index contributed by atoms with van der Waals surface area (Å²) in [6.07, 6.45) is 4.08. The summed E-state index contributed by atoms with van der Waals surface area (Å²) in [5, 5.41) is 9.54. The van der Waals surface area contributed by atoms with Gasteiger partial charge in [-0.25, -0.2) is 13.2 Å². The van der Waals surface area contributed by atoms with E-state index in [9.17, 15) is 13.2 Å². The van der Waals surface area contributed by atoms with Gasteiger partial charge >= 0.3 is 6.03 Å². The van der Waals surface area contributed by atoms with E-state index in [1.807, 2.05) is 41.2 Å². The van der Waals surface area contributed by atoms with Gasteiger partial charge in [0.15, 0.2) is 9.84 Å². The van der Waals surface area contributed by atoms with Crippen molar-refractivity contribution in [3.05, 3.63) is 48.3 Å². The third kappa shape index (κ3) is 4.32. The van der Waals surface area contributed by atoms with Crippen LogP contribution in [-0.4, -0.2) is 41.8 Å². The molecule has 0 radical (unpaired) electrons. The number of nitrogens with zero attached hydrogens (tertiary/aromatic N) is 2. The molecule has 23 heavy (non-hydrogen) atoms. The first-order valence-electron chi connectivity index (χ1n) is 7.34. The second-order valence-corrected chi connectivity index (χ2v) is 7.83. The van der Waals surface area contributed by atoms with E-state index >= 15 is 0 Å². The summed E-state index contributed by atoms with van der Waals surface area (Å²) in [4.78, 5) is 11.9. The van der Waals surface area contributed by atoms with Gasteiger partial charge < -0.3 is 10.6 Å². The van der Waals surface area contributed by atoms with E-state index in [4.69, 9.17) is 0 Å². The quantitative estimate of drug-likeness (QED) is 0.880. The Morgan fingerprint density at radius 1 is 1.30 bits per heavy atom. The molecular formula is C15H18N4O3S. The molecule has 0 bridgehead atoms. The van der Waals surface area contributed by atoms with E-state index in [1.54, 1.807) is 6.20 Å². The van der Waals surface area contributed by atoms with Gasteiger partial charge in [-0.15, -0.1) is 0 Å². The zero-order valence-corrected chi connectivity index (χ0v) is 13.3. The van der Waals surface area contributed by atoms with Gasteiger partial charge in [0.25, 0.3) is 0 Å². The molecule has 1 aliphatic rings. The molecule has 8 heteroatoms. The monoisotopic (exact) mass is 334 g/mol. The number of aromatic nitrogens is 2. The molecule has 2 N–H and O–H groups in total. The Bertz CT molecular complexity index is 770. The van der Waals surface area contributed by atoms with Crippen LogP contribution >= 0.6 is 0 Å². The number of carbonyl (C=O) groups is 1. The van der Waals surface area contributed by atoms with Crippen molar-refractivity contribution in [2.45, 2.75) is 19.0 Å². The number of sulfone groups is 1. The lowest BCUT2D eigenvalue weighted by molar-refractivity contribution is 0.249. The molecule has 1 fully saturated rings. The molecule has 0 aliphatic carbocycles. The molecule has 2 amide bonds. The number of rotatable bonds is 4. The van der Waals surface area contributed by atoms with Crippen molar-refractivity contribution in [3.63, 3.8) is 0 Å². The highest BCUT2D eigenvalue weighted by atomic mass is 32.2. The molecule has 2 heterocycles. The van der Waals surface area contributed by atoms with Crippen LogP contribution in [0.25, 0.3) is 0 Å². The summed E-state index contributed by atoms with van der Waals surface area (Å²) in [6.45, 7) is 0.666. The number of carbonyl (C=O) groups excluding carboxylic acids is 1. The second-order valence-electron chi connectivity index (χ2n) is 5.60. The van der Waals surface area contributed by atoms with Gasteiger partial charge in [0, 0.05) is 24.1 Å². The summed E-state index contributed by atoms with van der Waals surface area (Å²) in [7, 11) is -3.00. The normalized spacial score (nSPS) is 19.4. The lowest BCUT2D eigenvalue weighted by Crippen LogP contribution is -2.38. The number of amides is 2. The van der Waals surface area contributed by atoms with Crippen molar-refractivity contribution in [3.8, 4) is 0 Å². The van der Waals surface area contributed by atoms with Crippen molar-refractivity contribution in [1.29, 1.82) is 0 Å². The standard InChI is InChI=1S/C15H18N4O3S/c20-15(18-14-6-9-23(21,22)11-14)17-13-4-2-12(3-5-13)10-19-8-1-7-16-19/h1-5,7-8,14H,6,9-11H2,(H2,17,18,20). The fourth-order valence-electron chi connectivity index (χ4n) is 2.54. The highest BCUT2D eigenvalue weighted by molar-refractivity contribution is 7.91. The maximum absolute atomic E-state index is 11.9. The molecule has 1 unspecified atom stereocenters. The molecule has 0 spiro atoms. The lowest BCUT2D eigenvalue weighted by Gasteiger charge is -2.12. The van der Waals surface area contributed by atoms with Crippen LogP contribution in [0.1, 0.15) is 12.0 Å². The Hall–Kier alpha value is -2.35. The maximum atomic E-state index is 11.9. The molecule has 1 aromatic heterocycles. The highest BCUT2D eigenvalue weighted by Gasteiger charge is 2.28. The summed E-state index contributed by atoms with van der Waals surface area (Å²) >= 11 is 0. The maximum Gasteiger partial charge on any atom is 0.319 e.